The summed E-state index contributed by atoms with van der Waals surface area (Å²) in [5.74, 6) is -1.70. The third-order valence-electron chi connectivity index (χ3n) is 8.60. The van der Waals surface area contributed by atoms with Crippen molar-refractivity contribution in [3.8, 4) is 11.1 Å². The summed E-state index contributed by atoms with van der Waals surface area (Å²) < 4.78 is 64.8. The molecule has 6 rings (SSSR count). The van der Waals surface area contributed by atoms with Gasteiger partial charge in [0.2, 0.25) is 21.8 Å². The minimum absolute atomic E-state index is 0.0817. The third kappa shape index (κ3) is 5.62. The maximum Gasteiger partial charge on any atom is 0.433 e. The molecule has 3 atom stereocenters. The number of hydrogen-bond donors (Lipinski definition) is 2. The highest BCUT2D eigenvalue weighted by Gasteiger charge is 2.64. The summed E-state index contributed by atoms with van der Waals surface area (Å²) in [5, 5.41) is 12.6. The van der Waals surface area contributed by atoms with E-state index in [1.165, 1.54) is 41.8 Å². The Hall–Kier alpha value is -4.70. The van der Waals surface area contributed by atoms with Crippen LogP contribution in [0.3, 0.4) is 0 Å². The van der Waals surface area contributed by atoms with Crippen molar-refractivity contribution in [2.45, 2.75) is 63.3 Å². The first-order chi connectivity index (χ1) is 21.5. The molecule has 1 aliphatic carbocycles. The summed E-state index contributed by atoms with van der Waals surface area (Å²) in [6.45, 7) is 4.47. The third-order valence-corrected chi connectivity index (χ3v) is 9.48. The molecule has 0 bridgehead atoms. The van der Waals surface area contributed by atoms with Crippen LogP contribution in [-0.4, -0.2) is 62.7 Å². The molecule has 0 spiro atoms. The van der Waals surface area contributed by atoms with Gasteiger partial charge in [0.25, 0.3) is 0 Å². The number of pyridine rings is 2. The van der Waals surface area contributed by atoms with Crippen LogP contribution in [0.4, 0.5) is 19.0 Å². The molecule has 2 amide bonds. The Balaban J connectivity index is 1.29. The number of piperidine rings is 1. The van der Waals surface area contributed by atoms with E-state index >= 15 is 0 Å². The number of aromatic nitrogens is 4. The van der Waals surface area contributed by atoms with Crippen molar-refractivity contribution in [2.24, 2.45) is 10.6 Å². The quantitative estimate of drug-likeness (QED) is 0.284. The molecule has 1 saturated heterocycles. The number of hydrogen-bond acceptors (Lipinski definition) is 8. The van der Waals surface area contributed by atoms with Gasteiger partial charge in [0.15, 0.2) is 5.78 Å². The minimum Gasteiger partial charge on any atom is -0.325 e. The van der Waals surface area contributed by atoms with Crippen LogP contribution in [0.2, 0.25) is 0 Å². The highest BCUT2D eigenvalue weighted by Crippen LogP contribution is 2.59. The van der Waals surface area contributed by atoms with Crippen LogP contribution >= 0.6 is 0 Å². The van der Waals surface area contributed by atoms with Crippen LogP contribution in [0.25, 0.3) is 22.0 Å². The maximum atomic E-state index is 13.8. The molecule has 4 heterocycles. The number of nitrogens with two attached hydrogens (primary N) is 1. The van der Waals surface area contributed by atoms with Gasteiger partial charge < -0.3 is 10.2 Å². The molecule has 2 aliphatic rings. The second kappa shape index (κ2) is 10.7. The second-order valence-corrected chi connectivity index (χ2v) is 13.6. The van der Waals surface area contributed by atoms with Crippen molar-refractivity contribution in [1.29, 1.82) is 0 Å². The van der Waals surface area contributed by atoms with Gasteiger partial charge in [-0.25, -0.2) is 18.5 Å². The predicted molar refractivity (Wildman–Crippen MR) is 159 cm³/mol. The van der Waals surface area contributed by atoms with Crippen LogP contribution in [0.5, 0.6) is 0 Å². The largest absolute Gasteiger partial charge is 0.433 e. The average molecular weight is 656 g/mol. The van der Waals surface area contributed by atoms with E-state index in [1.54, 1.807) is 18.2 Å². The highest BCUT2D eigenvalue weighted by atomic mass is 32.2. The molecule has 1 aromatic carbocycles. The predicted octanol–water partition coefficient (Wildman–Crippen LogP) is 3.69. The number of fused-ring (bicyclic) bond motifs is 2. The van der Waals surface area contributed by atoms with Crippen LogP contribution < -0.4 is 10.5 Å². The lowest BCUT2D eigenvalue weighted by molar-refractivity contribution is -0.141. The SMILES string of the molecule is CC(=O)c1nn(CC(=O)N2[C@H](C(=O)Nc3nc(C(F)(F)F)ccc3C)C[C@@]3(C)C[C@@H]23)c2ccc(-c3cncc(S(N)(=O)=O)c3)cc12. The lowest BCUT2D eigenvalue weighted by Gasteiger charge is -2.27. The molecule has 1 saturated carbocycles. The summed E-state index contributed by atoms with van der Waals surface area (Å²) >= 11 is 0. The topological polar surface area (TPSA) is 170 Å². The number of likely N-dealkylation sites (tertiary alicyclic amines) is 1. The van der Waals surface area contributed by atoms with Gasteiger partial charge in [-0.05, 0) is 60.6 Å². The van der Waals surface area contributed by atoms with Crippen molar-refractivity contribution in [1.82, 2.24) is 24.6 Å². The zero-order valence-electron chi connectivity index (χ0n) is 24.8. The Labute approximate surface area is 260 Å². The standard InChI is InChI=1S/C30H28F3N7O5S/c1-15-4-7-23(30(31,32)33)36-27(15)37-28(43)22-10-29(3)11-24(29)40(22)25(42)14-39-21-6-5-17(9-20(21)26(38-39)16(2)41)18-8-19(13-35-12-18)46(34,44)45/h4-9,12-13,22,24H,10-11,14H2,1-3H3,(H2,34,44,45)(H,36,37,43)/t22-,24+,29-/m0/s1. The number of nitrogens with zero attached hydrogens (tertiary/aromatic N) is 5. The molecule has 3 aromatic heterocycles. The number of rotatable bonds is 7. The second-order valence-electron chi connectivity index (χ2n) is 12.0. The molecular weight excluding hydrogens is 627 g/mol. The van der Waals surface area contributed by atoms with Crippen LogP contribution in [-0.2, 0) is 32.3 Å². The zero-order valence-corrected chi connectivity index (χ0v) is 25.6. The Morgan fingerprint density at radius 2 is 1.83 bits per heavy atom. The number of primary sulfonamides is 1. The van der Waals surface area contributed by atoms with Gasteiger partial charge in [-0.3, -0.25) is 24.0 Å². The molecule has 4 aromatic rings. The number of carbonyl (C=O) groups excluding carboxylic acids is 3. The van der Waals surface area contributed by atoms with Crippen molar-refractivity contribution in [2.75, 3.05) is 5.32 Å². The molecule has 0 radical (unpaired) electrons. The number of carbonyl (C=O) groups is 3. The highest BCUT2D eigenvalue weighted by molar-refractivity contribution is 7.89. The molecule has 16 heteroatoms. The van der Waals surface area contributed by atoms with Crippen molar-refractivity contribution < 1.29 is 36.0 Å². The van der Waals surface area contributed by atoms with E-state index < -0.39 is 39.7 Å². The van der Waals surface area contributed by atoms with Crippen LogP contribution in [0.15, 0.2) is 53.7 Å². The number of sulfonamides is 1. The van der Waals surface area contributed by atoms with E-state index in [4.69, 9.17) is 5.14 Å². The van der Waals surface area contributed by atoms with E-state index in [0.717, 1.165) is 12.3 Å². The minimum atomic E-state index is -4.70. The summed E-state index contributed by atoms with van der Waals surface area (Å²) in [5.41, 5.74) is 0.349. The Bertz CT molecular complexity index is 2060. The monoisotopic (exact) mass is 655 g/mol. The van der Waals surface area contributed by atoms with E-state index in [2.05, 4.69) is 20.4 Å². The van der Waals surface area contributed by atoms with Gasteiger partial charge in [-0.15, -0.1) is 0 Å². The Morgan fingerprint density at radius 1 is 1.09 bits per heavy atom. The molecule has 2 fully saturated rings. The van der Waals surface area contributed by atoms with Gasteiger partial charge in [-0.1, -0.05) is 19.1 Å². The lowest BCUT2D eigenvalue weighted by atomic mass is 10.0. The summed E-state index contributed by atoms with van der Waals surface area (Å²) in [7, 11) is -4.01. The summed E-state index contributed by atoms with van der Waals surface area (Å²) in [4.78, 5) is 48.6. The molecule has 240 valence electrons. The Morgan fingerprint density at radius 3 is 2.50 bits per heavy atom. The number of alkyl halides is 3. The van der Waals surface area contributed by atoms with Crippen molar-refractivity contribution >= 4 is 44.3 Å². The first kappa shape index (κ1) is 31.3. The molecule has 0 unspecified atom stereocenters. The van der Waals surface area contributed by atoms with Crippen LogP contribution in [0, 0.1) is 12.3 Å². The fourth-order valence-electron chi connectivity index (χ4n) is 6.05. The van der Waals surface area contributed by atoms with Crippen molar-refractivity contribution in [3.05, 3.63) is 65.7 Å². The van der Waals surface area contributed by atoms with E-state index in [9.17, 15) is 36.0 Å². The molecule has 12 nitrogen and oxygen atoms in total. The number of nitrogens with one attached hydrogen (secondary N) is 1. The first-order valence-corrected chi connectivity index (χ1v) is 15.7. The summed E-state index contributed by atoms with van der Waals surface area (Å²) in [6, 6.07) is 7.14. The lowest BCUT2D eigenvalue weighted by Crippen LogP contribution is -2.47. The van der Waals surface area contributed by atoms with Gasteiger partial charge in [0.05, 0.1) is 5.52 Å². The number of Topliss-reactive ketones (excluding diaryl/α,β-unsaturated/α-hetero) is 1. The van der Waals surface area contributed by atoms with E-state index in [0.29, 0.717) is 40.4 Å². The number of aryl methyl sites for hydroxylation is 1. The number of benzene rings is 1. The Kier molecular flexibility index (Phi) is 7.27. The molecular formula is C30H28F3N7O5S. The van der Waals surface area contributed by atoms with Crippen molar-refractivity contribution in [3.63, 3.8) is 0 Å². The van der Waals surface area contributed by atoms with Gasteiger partial charge in [0.1, 0.15) is 34.7 Å². The van der Waals surface area contributed by atoms with Gasteiger partial charge in [-0.2, -0.15) is 18.3 Å². The molecule has 1 aliphatic heterocycles. The van der Waals surface area contributed by atoms with Gasteiger partial charge in [0, 0.05) is 36.3 Å². The molecule has 3 N–H and O–H groups in total. The number of anilines is 1. The molecule has 46 heavy (non-hydrogen) atoms. The smallest absolute Gasteiger partial charge is 0.325 e. The van der Waals surface area contributed by atoms with Crippen LogP contribution in [0.1, 0.15) is 48.4 Å². The fraction of sp³-hybridized carbons (Fsp3) is 0.333. The summed E-state index contributed by atoms with van der Waals surface area (Å²) in [6.07, 6.45) is -1.15. The number of ketones is 1. The fourth-order valence-corrected chi connectivity index (χ4v) is 6.55. The zero-order chi connectivity index (χ0) is 33.3. The average Bonchev–Trinajstić information content (AvgIpc) is 3.34. The first-order valence-electron chi connectivity index (χ1n) is 14.1. The number of amides is 2. The van der Waals surface area contributed by atoms with E-state index in [1.807, 2.05) is 6.92 Å². The number of halogens is 3. The normalized spacial score (nSPS) is 20.9. The van der Waals surface area contributed by atoms with Gasteiger partial charge >= 0.3 is 6.18 Å². The maximum absolute atomic E-state index is 13.8. The van der Waals surface area contributed by atoms with E-state index in [-0.39, 0.29) is 40.2 Å².